The normalized spacial score (nSPS) is 18.1. The van der Waals surface area contributed by atoms with Crippen LogP contribution < -0.4 is 19.3 Å². The van der Waals surface area contributed by atoms with Gasteiger partial charge in [-0.25, -0.2) is 4.98 Å². The Morgan fingerprint density at radius 1 is 1.21 bits per heavy atom. The van der Waals surface area contributed by atoms with Crippen molar-refractivity contribution < 1.29 is 19.1 Å². The number of thiazole rings is 1. The first-order chi connectivity index (χ1) is 13.6. The molecule has 0 radical (unpaired) electrons. The highest BCUT2D eigenvalue weighted by molar-refractivity contribution is 7.22. The molecule has 1 fully saturated rings. The van der Waals surface area contributed by atoms with Crippen molar-refractivity contribution in [2.45, 2.75) is 6.42 Å². The number of benzene rings is 2. The molecule has 0 spiro atoms. The van der Waals surface area contributed by atoms with E-state index in [0.29, 0.717) is 28.9 Å². The largest absolute Gasteiger partial charge is 0.454 e. The summed E-state index contributed by atoms with van der Waals surface area (Å²) in [6, 6.07) is 13.2. The minimum atomic E-state index is -0.407. The number of hydrogen-bond acceptors (Lipinski definition) is 6. The number of carbonyl (C=O) groups excluding carboxylic acids is 2. The zero-order valence-corrected chi connectivity index (χ0v) is 15.9. The lowest BCUT2D eigenvalue weighted by molar-refractivity contribution is -0.124. The van der Waals surface area contributed by atoms with Gasteiger partial charge in [0.15, 0.2) is 16.6 Å². The van der Waals surface area contributed by atoms with Gasteiger partial charge in [-0.1, -0.05) is 23.5 Å². The number of anilines is 2. The standard InChI is InChI=1S/C20H17N3O4S/c1-22(20-21-14-4-2-3-5-17(14)28-20)19(25)12-8-18(24)23(10-12)13-6-7-15-16(9-13)27-11-26-15/h2-7,9,12H,8,10-11H2,1H3. The van der Waals surface area contributed by atoms with Crippen LogP contribution in [0.1, 0.15) is 6.42 Å². The Kier molecular flexibility index (Phi) is 3.94. The number of fused-ring (bicyclic) bond motifs is 2. The topological polar surface area (TPSA) is 72.0 Å². The average molecular weight is 395 g/mol. The molecule has 28 heavy (non-hydrogen) atoms. The molecular formula is C20H17N3O4S. The summed E-state index contributed by atoms with van der Waals surface area (Å²) in [4.78, 5) is 33.3. The van der Waals surface area contributed by atoms with E-state index < -0.39 is 5.92 Å². The van der Waals surface area contributed by atoms with Gasteiger partial charge in [0.2, 0.25) is 18.6 Å². The van der Waals surface area contributed by atoms with Gasteiger partial charge in [-0.2, -0.15) is 0 Å². The second-order valence-electron chi connectivity index (χ2n) is 6.80. The molecule has 2 aliphatic heterocycles. The fourth-order valence-corrected chi connectivity index (χ4v) is 4.48. The predicted molar refractivity (Wildman–Crippen MR) is 106 cm³/mol. The third-order valence-corrected chi connectivity index (χ3v) is 6.16. The Balaban J connectivity index is 1.35. The molecule has 7 nitrogen and oxygen atoms in total. The van der Waals surface area contributed by atoms with E-state index >= 15 is 0 Å². The molecule has 1 aromatic heterocycles. The van der Waals surface area contributed by atoms with Crippen molar-refractivity contribution in [2.24, 2.45) is 5.92 Å². The van der Waals surface area contributed by atoms with E-state index in [1.54, 1.807) is 29.0 Å². The van der Waals surface area contributed by atoms with E-state index in [1.807, 2.05) is 30.3 Å². The van der Waals surface area contributed by atoms with E-state index in [9.17, 15) is 9.59 Å². The molecule has 5 rings (SSSR count). The van der Waals surface area contributed by atoms with Gasteiger partial charge < -0.3 is 14.4 Å². The maximum absolute atomic E-state index is 13.0. The van der Waals surface area contributed by atoms with Crippen molar-refractivity contribution in [3.8, 4) is 11.5 Å². The quantitative estimate of drug-likeness (QED) is 0.682. The number of carbonyl (C=O) groups is 2. The number of amides is 2. The molecule has 0 bridgehead atoms. The van der Waals surface area contributed by atoms with E-state index in [1.165, 1.54) is 11.3 Å². The van der Waals surface area contributed by atoms with Crippen LogP contribution >= 0.6 is 11.3 Å². The fraction of sp³-hybridized carbons (Fsp3) is 0.250. The van der Waals surface area contributed by atoms with Gasteiger partial charge in [0.1, 0.15) is 0 Å². The lowest BCUT2D eigenvalue weighted by Gasteiger charge is -2.19. The van der Waals surface area contributed by atoms with Crippen LogP contribution in [0.3, 0.4) is 0 Å². The Bertz CT molecular complexity index is 1060. The first-order valence-corrected chi connectivity index (χ1v) is 9.75. The fourth-order valence-electron chi connectivity index (χ4n) is 3.55. The van der Waals surface area contributed by atoms with Gasteiger partial charge in [0.25, 0.3) is 0 Å². The zero-order chi connectivity index (χ0) is 19.3. The molecule has 1 atom stereocenters. The smallest absolute Gasteiger partial charge is 0.233 e. The molecule has 2 aliphatic rings. The van der Waals surface area contributed by atoms with Gasteiger partial charge in [-0.3, -0.25) is 14.5 Å². The Morgan fingerprint density at radius 3 is 2.89 bits per heavy atom. The first-order valence-electron chi connectivity index (χ1n) is 8.93. The average Bonchev–Trinajstić information content (AvgIpc) is 3.43. The summed E-state index contributed by atoms with van der Waals surface area (Å²) in [6.07, 6.45) is 0.183. The van der Waals surface area contributed by atoms with Crippen molar-refractivity contribution in [1.29, 1.82) is 0 Å². The summed E-state index contributed by atoms with van der Waals surface area (Å²) in [6.45, 7) is 0.521. The number of para-hydroxylation sites is 1. The molecular weight excluding hydrogens is 378 g/mol. The van der Waals surface area contributed by atoms with Crippen LogP contribution in [0.5, 0.6) is 11.5 Å². The number of rotatable bonds is 3. The van der Waals surface area contributed by atoms with Gasteiger partial charge in [0, 0.05) is 31.8 Å². The maximum atomic E-state index is 13.0. The molecule has 0 saturated carbocycles. The minimum Gasteiger partial charge on any atom is -0.454 e. The Hall–Kier alpha value is -3.13. The molecule has 0 N–H and O–H groups in total. The van der Waals surface area contributed by atoms with Gasteiger partial charge in [-0.05, 0) is 24.3 Å². The number of aromatic nitrogens is 1. The lowest BCUT2D eigenvalue weighted by atomic mass is 10.1. The van der Waals surface area contributed by atoms with E-state index in [2.05, 4.69) is 4.98 Å². The highest BCUT2D eigenvalue weighted by atomic mass is 32.1. The summed E-state index contributed by atoms with van der Waals surface area (Å²) in [5, 5.41) is 0.639. The van der Waals surface area contributed by atoms with Crippen molar-refractivity contribution in [1.82, 2.24) is 4.98 Å². The summed E-state index contributed by atoms with van der Waals surface area (Å²) >= 11 is 1.47. The summed E-state index contributed by atoms with van der Waals surface area (Å²) < 4.78 is 11.7. The van der Waals surface area contributed by atoms with E-state index in [0.717, 1.165) is 10.2 Å². The van der Waals surface area contributed by atoms with Crippen molar-refractivity contribution in [3.63, 3.8) is 0 Å². The lowest BCUT2D eigenvalue weighted by Crippen LogP contribution is -2.34. The zero-order valence-electron chi connectivity index (χ0n) is 15.1. The highest BCUT2D eigenvalue weighted by Gasteiger charge is 2.37. The summed E-state index contributed by atoms with van der Waals surface area (Å²) in [5.74, 6) is 0.700. The van der Waals surface area contributed by atoms with Gasteiger partial charge >= 0.3 is 0 Å². The first kappa shape index (κ1) is 17.0. The van der Waals surface area contributed by atoms with Crippen LogP contribution in [-0.2, 0) is 9.59 Å². The van der Waals surface area contributed by atoms with Crippen LogP contribution in [0.4, 0.5) is 10.8 Å². The Labute approximate surface area is 165 Å². The van der Waals surface area contributed by atoms with Gasteiger partial charge in [-0.15, -0.1) is 0 Å². The van der Waals surface area contributed by atoms with Crippen molar-refractivity contribution >= 4 is 44.2 Å². The molecule has 3 aromatic rings. The Morgan fingerprint density at radius 2 is 2.04 bits per heavy atom. The molecule has 1 unspecified atom stereocenters. The van der Waals surface area contributed by atoms with Crippen LogP contribution in [-0.4, -0.2) is 37.2 Å². The van der Waals surface area contributed by atoms with E-state index in [4.69, 9.17) is 9.47 Å². The molecule has 2 aromatic carbocycles. The SMILES string of the molecule is CN(C(=O)C1CC(=O)N(c2ccc3c(c2)OCO3)C1)c1nc2ccccc2s1. The van der Waals surface area contributed by atoms with E-state index in [-0.39, 0.29) is 25.0 Å². The minimum absolute atomic E-state index is 0.0742. The molecule has 2 amide bonds. The third-order valence-electron chi connectivity index (χ3n) is 5.04. The monoisotopic (exact) mass is 395 g/mol. The molecule has 142 valence electrons. The van der Waals surface area contributed by atoms with Crippen molar-refractivity contribution in [3.05, 3.63) is 42.5 Å². The molecule has 1 saturated heterocycles. The molecule has 3 heterocycles. The van der Waals surface area contributed by atoms with Crippen molar-refractivity contribution in [2.75, 3.05) is 30.2 Å². The second-order valence-corrected chi connectivity index (χ2v) is 7.81. The number of hydrogen-bond donors (Lipinski definition) is 0. The number of nitrogens with zero attached hydrogens (tertiary/aromatic N) is 3. The third kappa shape index (κ3) is 2.77. The summed E-state index contributed by atoms with van der Waals surface area (Å²) in [7, 11) is 1.72. The second kappa shape index (κ2) is 6.49. The van der Waals surface area contributed by atoms with Gasteiger partial charge in [0.05, 0.1) is 16.1 Å². The molecule has 8 heteroatoms. The van der Waals surface area contributed by atoms with Crippen LogP contribution in [0.25, 0.3) is 10.2 Å². The number of ether oxygens (including phenoxy) is 2. The molecule has 0 aliphatic carbocycles. The predicted octanol–water partition coefficient (Wildman–Crippen LogP) is 3.04. The van der Waals surface area contributed by atoms with Crippen LogP contribution in [0.15, 0.2) is 42.5 Å². The van der Waals surface area contributed by atoms with Crippen LogP contribution in [0, 0.1) is 5.92 Å². The maximum Gasteiger partial charge on any atom is 0.233 e. The highest BCUT2D eigenvalue weighted by Crippen LogP contribution is 2.37. The van der Waals surface area contributed by atoms with Crippen LogP contribution in [0.2, 0.25) is 0 Å². The summed E-state index contributed by atoms with van der Waals surface area (Å²) in [5.41, 5.74) is 1.58.